The maximum atomic E-state index is 10.5. The highest BCUT2D eigenvalue weighted by atomic mass is 16.6. The zero-order valence-corrected chi connectivity index (χ0v) is 20.4. The van der Waals surface area contributed by atoms with E-state index in [1.54, 1.807) is 14.2 Å². The second kappa shape index (κ2) is 10.7. The minimum Gasteiger partial charge on any atom is -0.497 e. The van der Waals surface area contributed by atoms with Gasteiger partial charge in [-0.25, -0.2) is 15.0 Å². The van der Waals surface area contributed by atoms with Gasteiger partial charge in [-0.05, 0) is 23.3 Å². The van der Waals surface area contributed by atoms with Gasteiger partial charge in [-0.2, -0.15) is 0 Å². The van der Waals surface area contributed by atoms with Crippen LogP contribution in [0.3, 0.4) is 0 Å². The summed E-state index contributed by atoms with van der Waals surface area (Å²) in [5.41, 5.74) is 2.99. The van der Waals surface area contributed by atoms with Crippen molar-refractivity contribution in [2.45, 2.75) is 30.5 Å². The zero-order valence-electron chi connectivity index (χ0n) is 20.4. The second-order valence-corrected chi connectivity index (χ2v) is 8.77. The third kappa shape index (κ3) is 4.81. The van der Waals surface area contributed by atoms with Gasteiger partial charge in [0.05, 0.1) is 27.2 Å². The van der Waals surface area contributed by atoms with Crippen LogP contribution in [0.15, 0.2) is 61.2 Å². The number of aliphatic hydroxyl groups excluding tert-OH is 3. The summed E-state index contributed by atoms with van der Waals surface area (Å²) in [4.78, 5) is 13.2. The molecule has 4 N–H and O–H groups in total. The van der Waals surface area contributed by atoms with E-state index in [1.807, 2.05) is 36.4 Å². The molecule has 4 aromatic rings. The Balaban J connectivity index is 1.46. The van der Waals surface area contributed by atoms with Crippen molar-refractivity contribution in [1.29, 1.82) is 0 Å². The molecular weight excluding hydrogens is 478 g/mol. The topological polar surface area (TPSA) is 144 Å². The van der Waals surface area contributed by atoms with Crippen molar-refractivity contribution in [2.75, 3.05) is 32.7 Å². The molecule has 194 valence electrons. The minimum atomic E-state index is -1.24. The first-order chi connectivity index (χ1) is 18.0. The number of hydrogen-bond donors (Lipinski definition) is 4. The zero-order chi connectivity index (χ0) is 25.9. The summed E-state index contributed by atoms with van der Waals surface area (Å²) in [6.45, 7) is 0.0617. The van der Waals surface area contributed by atoms with E-state index in [1.165, 1.54) is 17.2 Å². The summed E-state index contributed by atoms with van der Waals surface area (Å²) in [6, 6.07) is 15.9. The van der Waals surface area contributed by atoms with Gasteiger partial charge in [-0.3, -0.25) is 4.57 Å². The number of methoxy groups -OCH3 is 2. The molecule has 37 heavy (non-hydrogen) atoms. The van der Waals surface area contributed by atoms with Crippen molar-refractivity contribution in [2.24, 2.45) is 0 Å². The number of anilines is 1. The molecular formula is C26H29N5O6. The largest absolute Gasteiger partial charge is 0.497 e. The lowest BCUT2D eigenvalue weighted by atomic mass is 9.91. The Bertz CT molecular complexity index is 1330. The van der Waals surface area contributed by atoms with Crippen LogP contribution in [0.1, 0.15) is 23.3 Å². The van der Waals surface area contributed by atoms with Crippen LogP contribution >= 0.6 is 0 Å². The van der Waals surface area contributed by atoms with Crippen LogP contribution in [-0.2, 0) is 4.74 Å². The highest BCUT2D eigenvalue weighted by molar-refractivity contribution is 5.82. The number of fused-ring (bicyclic) bond motifs is 1. The third-order valence-corrected chi connectivity index (χ3v) is 6.60. The summed E-state index contributed by atoms with van der Waals surface area (Å²) >= 11 is 0. The number of nitrogens with zero attached hydrogens (tertiary/aromatic N) is 4. The monoisotopic (exact) mass is 507 g/mol. The van der Waals surface area contributed by atoms with E-state index in [9.17, 15) is 15.3 Å². The molecule has 0 radical (unpaired) electrons. The summed E-state index contributed by atoms with van der Waals surface area (Å²) in [5.74, 6) is 1.82. The van der Waals surface area contributed by atoms with Gasteiger partial charge in [0.2, 0.25) is 0 Å². The van der Waals surface area contributed by atoms with Gasteiger partial charge in [0, 0.05) is 18.5 Å². The van der Waals surface area contributed by atoms with Gasteiger partial charge in [0.25, 0.3) is 0 Å². The number of nitrogens with one attached hydrogen (secondary N) is 1. The summed E-state index contributed by atoms with van der Waals surface area (Å²) in [6.07, 6.45) is -1.43. The smallest absolute Gasteiger partial charge is 0.167 e. The predicted molar refractivity (Wildman–Crippen MR) is 135 cm³/mol. The van der Waals surface area contributed by atoms with Crippen molar-refractivity contribution >= 4 is 17.0 Å². The molecule has 0 bridgehead atoms. The molecule has 11 heteroatoms. The van der Waals surface area contributed by atoms with Crippen molar-refractivity contribution in [3.05, 3.63) is 72.3 Å². The van der Waals surface area contributed by atoms with E-state index in [2.05, 4.69) is 32.4 Å². The molecule has 11 nitrogen and oxygen atoms in total. The van der Waals surface area contributed by atoms with Gasteiger partial charge >= 0.3 is 0 Å². The van der Waals surface area contributed by atoms with Crippen molar-refractivity contribution < 1.29 is 29.5 Å². The Morgan fingerprint density at radius 1 is 0.973 bits per heavy atom. The van der Waals surface area contributed by atoms with Crippen molar-refractivity contribution in [1.82, 2.24) is 19.5 Å². The Morgan fingerprint density at radius 3 is 2.35 bits per heavy atom. The number of aromatic nitrogens is 4. The lowest BCUT2D eigenvalue weighted by molar-refractivity contribution is -0.0511. The normalized spacial score (nSPS) is 22.2. The number of rotatable bonds is 9. The Kier molecular flexibility index (Phi) is 7.19. The third-order valence-electron chi connectivity index (χ3n) is 6.60. The van der Waals surface area contributed by atoms with Crippen LogP contribution in [0.5, 0.6) is 11.5 Å². The van der Waals surface area contributed by atoms with Crippen LogP contribution in [0.4, 0.5) is 5.82 Å². The van der Waals surface area contributed by atoms with E-state index in [-0.39, 0.29) is 5.92 Å². The van der Waals surface area contributed by atoms with Crippen LogP contribution in [0, 0.1) is 0 Å². The molecule has 1 fully saturated rings. The quantitative estimate of drug-likeness (QED) is 0.264. The molecule has 2 aromatic carbocycles. The number of aliphatic hydroxyl groups is 3. The molecule has 1 aliphatic rings. The van der Waals surface area contributed by atoms with Crippen LogP contribution < -0.4 is 14.8 Å². The first kappa shape index (κ1) is 24.9. The summed E-state index contributed by atoms with van der Waals surface area (Å²) in [7, 11) is 3.24. The lowest BCUT2D eigenvalue weighted by Gasteiger charge is -2.21. The fraction of sp³-hybridized carbons (Fsp3) is 0.346. The highest BCUT2D eigenvalue weighted by Crippen LogP contribution is 2.34. The highest BCUT2D eigenvalue weighted by Gasteiger charge is 2.44. The molecule has 0 amide bonds. The predicted octanol–water partition coefficient (Wildman–Crippen LogP) is 1.70. The van der Waals surface area contributed by atoms with Gasteiger partial charge in [0.15, 0.2) is 23.2 Å². The van der Waals surface area contributed by atoms with Gasteiger partial charge in [-0.15, -0.1) is 0 Å². The number of ether oxygens (including phenoxy) is 3. The minimum absolute atomic E-state index is 0.0715. The van der Waals surface area contributed by atoms with Crippen LogP contribution in [0.25, 0.3) is 11.2 Å². The lowest BCUT2D eigenvalue weighted by Crippen LogP contribution is -2.33. The average Bonchev–Trinajstić information content (AvgIpc) is 3.49. The fourth-order valence-corrected chi connectivity index (χ4v) is 4.62. The average molecular weight is 508 g/mol. The molecule has 3 heterocycles. The number of hydrogen-bond acceptors (Lipinski definition) is 10. The molecule has 0 saturated carbocycles. The molecule has 0 aliphatic carbocycles. The van der Waals surface area contributed by atoms with E-state index in [0.29, 0.717) is 35.0 Å². The van der Waals surface area contributed by atoms with Crippen LogP contribution in [0.2, 0.25) is 0 Å². The van der Waals surface area contributed by atoms with E-state index < -0.39 is 31.1 Å². The summed E-state index contributed by atoms with van der Waals surface area (Å²) in [5, 5.41) is 33.4. The maximum absolute atomic E-state index is 10.5. The van der Waals surface area contributed by atoms with Gasteiger partial charge in [-0.1, -0.05) is 30.3 Å². The first-order valence-electron chi connectivity index (χ1n) is 11.9. The molecule has 2 unspecified atom stereocenters. The molecule has 2 aromatic heterocycles. The Morgan fingerprint density at radius 2 is 1.70 bits per heavy atom. The molecule has 5 rings (SSSR count). The maximum Gasteiger partial charge on any atom is 0.167 e. The van der Waals surface area contributed by atoms with E-state index >= 15 is 0 Å². The number of benzene rings is 2. The molecule has 1 aliphatic heterocycles. The Labute approximate surface area is 213 Å². The van der Waals surface area contributed by atoms with E-state index in [4.69, 9.17) is 14.2 Å². The molecule has 5 atom stereocenters. The number of imidazole rings is 1. The van der Waals surface area contributed by atoms with Crippen LogP contribution in [-0.4, -0.2) is 80.5 Å². The summed E-state index contributed by atoms with van der Waals surface area (Å²) < 4.78 is 18.2. The standard InChI is InChI=1S/C26H29N5O6/c1-35-17-8-16(9-18(10-17)36-2)19(15-6-4-3-5-7-15)11-27-24-21-25(29-13-28-24)31(14-30-21)26-23(34)22(33)20(12-32)37-26/h3-10,13-14,19-20,22-23,26,32-34H,11-12H2,1-2H3,(H,27,28,29)/t19?,20-,22-,23-,26?/m1/s1. The van der Waals surface area contributed by atoms with Gasteiger partial charge < -0.3 is 34.8 Å². The molecule has 1 saturated heterocycles. The van der Waals surface area contributed by atoms with Crippen molar-refractivity contribution in [3.8, 4) is 11.5 Å². The SMILES string of the molecule is COc1cc(OC)cc(C(CNc2ncnc3c2ncn3C2O[C@H](CO)[C@@H](O)[C@H]2O)c2ccccc2)c1. The second-order valence-electron chi connectivity index (χ2n) is 8.77. The van der Waals surface area contributed by atoms with Gasteiger partial charge in [0.1, 0.15) is 36.1 Å². The first-order valence-corrected chi connectivity index (χ1v) is 11.9. The fourth-order valence-electron chi connectivity index (χ4n) is 4.62. The Hall–Kier alpha value is -3.77. The molecule has 0 spiro atoms. The van der Waals surface area contributed by atoms with E-state index in [0.717, 1.165) is 11.1 Å². The van der Waals surface area contributed by atoms with Crippen molar-refractivity contribution in [3.63, 3.8) is 0 Å².